The van der Waals surface area contributed by atoms with Crippen molar-refractivity contribution < 1.29 is 0 Å². The van der Waals surface area contributed by atoms with Crippen molar-refractivity contribution in [3.63, 3.8) is 0 Å². The monoisotopic (exact) mass is 181 g/mol. The van der Waals surface area contributed by atoms with E-state index in [-0.39, 0.29) is 0 Å². The second kappa shape index (κ2) is 2.91. The van der Waals surface area contributed by atoms with Gasteiger partial charge in [0.05, 0.1) is 11.9 Å². The smallest absolute Gasteiger partial charge is 0.0721 e. The topological polar surface area (TPSA) is 12.4 Å². The molecule has 3 heteroatoms. The fraction of sp³-hybridized carbons (Fsp3) is 0.125. The van der Waals surface area contributed by atoms with Gasteiger partial charge in [-0.15, -0.1) is 11.7 Å². The Bertz CT molecular complexity index is 383. The third kappa shape index (κ3) is 1.19. The first-order valence-corrected chi connectivity index (χ1v) is 5.23. The van der Waals surface area contributed by atoms with E-state index in [4.69, 9.17) is 0 Å². The van der Waals surface area contributed by atoms with Crippen LogP contribution in [0.2, 0.25) is 0 Å². The lowest BCUT2D eigenvalue weighted by Crippen LogP contribution is -2.21. The number of para-hydroxylation sites is 1. The van der Waals surface area contributed by atoms with Crippen LogP contribution in [0, 0.1) is 0 Å². The van der Waals surface area contributed by atoms with Gasteiger partial charge in [0, 0.05) is 10.1 Å². The van der Waals surface area contributed by atoms with E-state index < -0.39 is 0 Å². The molecule has 0 fully saturated rings. The molecule has 56 valence electrons. The zero-order valence-corrected chi connectivity index (χ0v) is 7.53. The molecule has 2 rings (SSSR count). The minimum Gasteiger partial charge on any atom is -0.279 e. The fourth-order valence-electron chi connectivity index (χ4n) is 1.17. The van der Waals surface area contributed by atoms with Gasteiger partial charge in [0.1, 0.15) is 0 Å². The largest absolute Gasteiger partial charge is 0.279 e. The van der Waals surface area contributed by atoms with Crippen molar-refractivity contribution in [3.8, 4) is 0 Å². The molecule has 0 saturated heterocycles. The van der Waals surface area contributed by atoms with E-state index >= 15 is 0 Å². The molecule has 11 heavy (non-hydrogen) atoms. The molecule has 1 aromatic carbocycles. The molecule has 0 radical (unpaired) electrons. The van der Waals surface area contributed by atoms with Gasteiger partial charge >= 0.3 is 0 Å². The van der Waals surface area contributed by atoms with Crippen molar-refractivity contribution in [2.45, 2.75) is 0 Å². The van der Waals surface area contributed by atoms with E-state index in [1.54, 1.807) is 0 Å². The molecular weight excluding hydrogens is 174 g/mol. The molecule has 1 heterocycles. The maximum atomic E-state index is 4.34. The predicted octanol–water partition coefficient (Wildman–Crippen LogP) is 1.01. The average Bonchev–Trinajstić information content (AvgIpc) is 2.47. The average molecular weight is 181 g/mol. The van der Waals surface area contributed by atoms with Gasteiger partial charge in [-0.3, -0.25) is 4.99 Å². The Hall–Kier alpha value is -0.410. The minimum absolute atomic E-state index is 0.799. The van der Waals surface area contributed by atoms with Gasteiger partial charge in [-0.25, -0.2) is 0 Å². The summed E-state index contributed by atoms with van der Waals surface area (Å²) in [5, 5.41) is 2.34. The van der Waals surface area contributed by atoms with Crippen molar-refractivity contribution in [2.24, 2.45) is 4.99 Å². The summed E-state index contributed by atoms with van der Waals surface area (Å²) in [4.78, 5) is 5.60. The van der Waals surface area contributed by atoms with E-state index in [1.807, 2.05) is 18.2 Å². The highest BCUT2D eigenvalue weighted by Gasteiger charge is 2.03. The number of nitrogens with zero attached hydrogens (tertiary/aromatic N) is 1. The number of hydrogen-bond donors (Lipinski definition) is 1. The molecule has 0 amide bonds. The van der Waals surface area contributed by atoms with Crippen molar-refractivity contribution >= 4 is 27.4 Å². The molecule has 0 spiro atoms. The Morgan fingerprint density at radius 3 is 3.00 bits per heavy atom. The van der Waals surface area contributed by atoms with Crippen LogP contribution in [0.4, 0.5) is 0 Å². The zero-order valence-electron chi connectivity index (χ0n) is 5.82. The summed E-state index contributed by atoms with van der Waals surface area (Å²) >= 11 is 4.16. The van der Waals surface area contributed by atoms with Crippen LogP contribution < -0.4 is 10.6 Å². The number of hydrogen-bond acceptors (Lipinski definition) is 3. The van der Waals surface area contributed by atoms with Crippen molar-refractivity contribution in [1.82, 2.24) is 0 Å². The van der Waals surface area contributed by atoms with Gasteiger partial charge in [-0.05, 0) is 6.07 Å². The van der Waals surface area contributed by atoms with Gasteiger partial charge in [0.15, 0.2) is 0 Å². The van der Waals surface area contributed by atoms with Gasteiger partial charge in [0.25, 0.3) is 0 Å². The molecule has 0 N–H and O–H groups in total. The highest BCUT2D eigenvalue weighted by molar-refractivity contribution is 8.72. The maximum Gasteiger partial charge on any atom is 0.0721 e. The van der Waals surface area contributed by atoms with E-state index in [1.165, 1.54) is 20.9 Å². The summed E-state index contributed by atoms with van der Waals surface area (Å²) < 4.78 is 0. The standard InChI is InChI=1S/C8H7NS2/c10-11-8-5-9-7-4-2-1-3-6(7)8/h1-4,10H,5H2. The Balaban J connectivity index is 2.79. The van der Waals surface area contributed by atoms with E-state index in [2.05, 4.69) is 22.7 Å². The molecule has 0 atom stereocenters. The lowest BCUT2D eigenvalue weighted by Gasteiger charge is -1.89. The minimum atomic E-state index is 0.799. The van der Waals surface area contributed by atoms with Gasteiger partial charge in [-0.1, -0.05) is 29.0 Å². The first-order chi connectivity index (χ1) is 5.42. The Morgan fingerprint density at radius 1 is 1.36 bits per heavy atom. The summed E-state index contributed by atoms with van der Waals surface area (Å²) in [6.45, 7) is 0.799. The van der Waals surface area contributed by atoms with Crippen molar-refractivity contribution in [1.29, 1.82) is 0 Å². The molecule has 1 aliphatic heterocycles. The molecule has 0 saturated carbocycles. The molecule has 0 unspecified atom stereocenters. The molecule has 1 aromatic rings. The van der Waals surface area contributed by atoms with Gasteiger partial charge in [0.2, 0.25) is 0 Å². The number of fused-ring (bicyclic) bond motifs is 1. The lowest BCUT2D eigenvalue weighted by molar-refractivity contribution is 1.22. The summed E-state index contributed by atoms with van der Waals surface area (Å²) in [7, 11) is 1.49. The van der Waals surface area contributed by atoms with Gasteiger partial charge in [-0.2, -0.15) is 0 Å². The number of thiol groups is 1. The van der Waals surface area contributed by atoms with Crippen LogP contribution in [0.5, 0.6) is 0 Å². The van der Waals surface area contributed by atoms with E-state index in [0.717, 1.165) is 11.9 Å². The lowest BCUT2D eigenvalue weighted by atomic mass is 10.3. The van der Waals surface area contributed by atoms with Crippen LogP contribution in [-0.4, -0.2) is 6.54 Å². The van der Waals surface area contributed by atoms with Crippen LogP contribution in [0.3, 0.4) is 0 Å². The SMILES string of the molecule is SSC1=c2ccccc2=NC1. The normalized spacial score (nSPS) is 14.5. The fourth-order valence-corrected chi connectivity index (χ4v) is 2.03. The van der Waals surface area contributed by atoms with E-state index in [0.29, 0.717) is 0 Å². The molecule has 0 bridgehead atoms. The quantitative estimate of drug-likeness (QED) is 0.504. The summed E-state index contributed by atoms with van der Waals surface area (Å²) in [6.07, 6.45) is 0. The van der Waals surface area contributed by atoms with E-state index in [9.17, 15) is 0 Å². The Kier molecular flexibility index (Phi) is 1.92. The van der Waals surface area contributed by atoms with Crippen LogP contribution in [0.25, 0.3) is 4.91 Å². The van der Waals surface area contributed by atoms with Gasteiger partial charge < -0.3 is 0 Å². The number of benzene rings is 1. The highest BCUT2D eigenvalue weighted by atomic mass is 33.1. The highest BCUT2D eigenvalue weighted by Crippen LogP contribution is 2.19. The Morgan fingerprint density at radius 2 is 2.18 bits per heavy atom. The molecule has 1 nitrogen and oxygen atoms in total. The van der Waals surface area contributed by atoms with Crippen molar-refractivity contribution in [3.05, 3.63) is 34.8 Å². The van der Waals surface area contributed by atoms with Crippen molar-refractivity contribution in [2.75, 3.05) is 6.54 Å². The van der Waals surface area contributed by atoms with Crippen LogP contribution in [0.15, 0.2) is 29.3 Å². The third-order valence-corrected chi connectivity index (χ3v) is 2.94. The summed E-state index contributed by atoms with van der Waals surface area (Å²) in [5.41, 5.74) is 0. The third-order valence-electron chi connectivity index (χ3n) is 1.71. The maximum absolute atomic E-state index is 4.34. The second-order valence-corrected chi connectivity index (χ2v) is 3.57. The molecule has 0 aromatic heterocycles. The summed E-state index contributed by atoms with van der Waals surface area (Å²) in [5.74, 6) is 0. The summed E-state index contributed by atoms with van der Waals surface area (Å²) in [6, 6.07) is 8.16. The van der Waals surface area contributed by atoms with Crippen LogP contribution in [-0.2, 0) is 0 Å². The predicted molar refractivity (Wildman–Crippen MR) is 52.1 cm³/mol. The van der Waals surface area contributed by atoms with Crippen LogP contribution in [0.1, 0.15) is 0 Å². The molecule has 1 aliphatic rings. The Labute approximate surface area is 74.0 Å². The molecule has 0 aliphatic carbocycles. The first kappa shape index (κ1) is 7.25. The first-order valence-electron chi connectivity index (χ1n) is 3.36. The van der Waals surface area contributed by atoms with Crippen LogP contribution >= 0.6 is 22.5 Å². The molecular formula is C8H7NS2. The second-order valence-electron chi connectivity index (χ2n) is 2.35. The number of rotatable bonds is 1. The zero-order chi connectivity index (χ0) is 7.68.